The summed E-state index contributed by atoms with van der Waals surface area (Å²) in [4.78, 5) is 14.3. The Morgan fingerprint density at radius 2 is 2.05 bits per heavy atom. The van der Waals surface area contributed by atoms with E-state index in [9.17, 15) is 9.90 Å². The van der Waals surface area contributed by atoms with Crippen molar-refractivity contribution in [1.29, 1.82) is 0 Å². The van der Waals surface area contributed by atoms with Crippen LogP contribution in [0.3, 0.4) is 0 Å². The lowest BCUT2D eigenvalue weighted by Gasteiger charge is -2.34. The minimum atomic E-state index is -0.290. The summed E-state index contributed by atoms with van der Waals surface area (Å²) in [6, 6.07) is 4.93. The van der Waals surface area contributed by atoms with Crippen LogP contribution in [0.15, 0.2) is 18.2 Å². The first kappa shape index (κ1) is 14.2. The van der Waals surface area contributed by atoms with E-state index in [1.54, 1.807) is 23.1 Å². The highest BCUT2D eigenvalue weighted by Crippen LogP contribution is 2.31. The smallest absolute Gasteiger partial charge is 0.254 e. The van der Waals surface area contributed by atoms with Crippen LogP contribution in [0, 0.1) is 0 Å². The first-order valence-corrected chi connectivity index (χ1v) is 7.19. The van der Waals surface area contributed by atoms with Crippen LogP contribution in [-0.2, 0) is 4.74 Å². The van der Waals surface area contributed by atoms with Crippen LogP contribution in [0.4, 0.5) is 0 Å². The molecule has 0 bridgehead atoms. The maximum absolute atomic E-state index is 12.6. The molecule has 0 aliphatic carbocycles. The van der Waals surface area contributed by atoms with Crippen molar-refractivity contribution in [3.63, 3.8) is 0 Å². The van der Waals surface area contributed by atoms with Crippen LogP contribution in [0.25, 0.3) is 0 Å². The van der Waals surface area contributed by atoms with E-state index in [0.29, 0.717) is 50.0 Å². The van der Waals surface area contributed by atoms with Gasteiger partial charge < -0.3 is 24.2 Å². The van der Waals surface area contributed by atoms with Crippen molar-refractivity contribution in [2.75, 3.05) is 39.6 Å². The van der Waals surface area contributed by atoms with Gasteiger partial charge in [0, 0.05) is 18.5 Å². The number of aliphatic hydroxyl groups is 1. The molecule has 2 heterocycles. The number of hydrogen-bond acceptors (Lipinski definition) is 5. The van der Waals surface area contributed by atoms with Gasteiger partial charge in [0.1, 0.15) is 0 Å². The van der Waals surface area contributed by atoms with Crippen molar-refractivity contribution in [2.24, 2.45) is 0 Å². The Kier molecular flexibility index (Phi) is 4.26. The second-order valence-corrected chi connectivity index (χ2v) is 5.12. The van der Waals surface area contributed by atoms with Crippen molar-refractivity contribution in [3.8, 4) is 11.5 Å². The quantitative estimate of drug-likeness (QED) is 0.868. The number of carbonyl (C=O) groups excluding carboxylic acids is 1. The predicted octanol–water partition coefficient (Wildman–Crippen LogP) is 0.681. The average Bonchev–Trinajstić information content (AvgIpc) is 2.78. The number of fused-ring (bicyclic) bond motifs is 1. The van der Waals surface area contributed by atoms with Crippen LogP contribution in [0.5, 0.6) is 11.5 Å². The van der Waals surface area contributed by atoms with E-state index in [1.165, 1.54) is 0 Å². The van der Waals surface area contributed by atoms with E-state index in [4.69, 9.17) is 14.2 Å². The predicted molar refractivity (Wildman–Crippen MR) is 74.8 cm³/mol. The molecule has 3 rings (SSSR count). The first-order chi connectivity index (χ1) is 10.3. The van der Waals surface area contributed by atoms with Gasteiger partial charge in [-0.1, -0.05) is 0 Å². The van der Waals surface area contributed by atoms with Gasteiger partial charge in [-0.15, -0.1) is 0 Å². The third-order valence-corrected chi connectivity index (χ3v) is 3.69. The first-order valence-electron chi connectivity index (χ1n) is 7.19. The van der Waals surface area contributed by atoms with Gasteiger partial charge in [-0.2, -0.15) is 0 Å². The Labute approximate surface area is 123 Å². The second kappa shape index (κ2) is 6.32. The minimum absolute atomic E-state index is 0.101. The van der Waals surface area contributed by atoms with Crippen LogP contribution >= 0.6 is 0 Å². The van der Waals surface area contributed by atoms with Gasteiger partial charge in [0.2, 0.25) is 0 Å². The van der Waals surface area contributed by atoms with Gasteiger partial charge in [0.15, 0.2) is 11.5 Å². The molecule has 1 aromatic carbocycles. The molecule has 1 N–H and O–H groups in total. The molecule has 0 spiro atoms. The molecule has 114 valence electrons. The summed E-state index contributed by atoms with van der Waals surface area (Å²) in [5.41, 5.74) is 0.541. The molecule has 1 saturated heterocycles. The van der Waals surface area contributed by atoms with Gasteiger partial charge in [-0.05, 0) is 18.2 Å². The molecule has 2 aliphatic rings. The number of morpholine rings is 1. The third-order valence-electron chi connectivity index (χ3n) is 3.69. The molecule has 1 atom stereocenters. The van der Waals surface area contributed by atoms with Crippen LogP contribution in [-0.4, -0.2) is 61.5 Å². The molecule has 1 aromatic rings. The zero-order valence-corrected chi connectivity index (χ0v) is 11.8. The van der Waals surface area contributed by atoms with E-state index >= 15 is 0 Å². The fourth-order valence-corrected chi connectivity index (χ4v) is 2.54. The standard InChI is InChI=1S/C15H19NO5/c17-9-12-10-19-7-4-16(12)15(18)11-2-3-13-14(8-11)21-6-1-5-20-13/h2-3,8,12,17H,1,4-7,9-10H2. The summed E-state index contributed by atoms with van der Waals surface area (Å²) in [6.07, 6.45) is 0.827. The SMILES string of the molecule is O=C(c1ccc2c(c1)OCCCO2)N1CCOCC1CO. The fraction of sp³-hybridized carbons (Fsp3) is 0.533. The monoisotopic (exact) mass is 293 g/mol. The summed E-state index contributed by atoms with van der Waals surface area (Å²) in [5, 5.41) is 9.37. The summed E-state index contributed by atoms with van der Waals surface area (Å²) < 4.78 is 16.5. The Hall–Kier alpha value is -1.79. The highest BCUT2D eigenvalue weighted by molar-refractivity contribution is 5.95. The number of rotatable bonds is 2. The van der Waals surface area contributed by atoms with E-state index in [2.05, 4.69) is 0 Å². The maximum Gasteiger partial charge on any atom is 0.254 e. The number of hydrogen-bond donors (Lipinski definition) is 1. The van der Waals surface area contributed by atoms with Crippen molar-refractivity contribution >= 4 is 5.91 Å². The number of aliphatic hydroxyl groups excluding tert-OH is 1. The molecule has 2 aliphatic heterocycles. The summed E-state index contributed by atoms with van der Waals surface area (Å²) in [6.45, 7) is 2.45. The van der Waals surface area contributed by atoms with E-state index in [1.807, 2.05) is 0 Å². The normalized spacial score (nSPS) is 21.8. The summed E-state index contributed by atoms with van der Waals surface area (Å²) in [5.74, 6) is 1.16. The van der Waals surface area contributed by atoms with Crippen molar-refractivity contribution < 1.29 is 24.1 Å². The molecular formula is C15H19NO5. The number of carbonyl (C=O) groups is 1. The minimum Gasteiger partial charge on any atom is -0.490 e. The highest BCUT2D eigenvalue weighted by Gasteiger charge is 2.28. The summed E-state index contributed by atoms with van der Waals surface area (Å²) in [7, 11) is 0. The van der Waals surface area contributed by atoms with Gasteiger partial charge in [0.25, 0.3) is 5.91 Å². The number of benzene rings is 1. The van der Waals surface area contributed by atoms with Gasteiger partial charge in [-0.25, -0.2) is 0 Å². The fourth-order valence-electron chi connectivity index (χ4n) is 2.54. The lowest BCUT2D eigenvalue weighted by Crippen LogP contribution is -2.50. The van der Waals surface area contributed by atoms with E-state index in [0.717, 1.165) is 6.42 Å². The molecule has 6 nitrogen and oxygen atoms in total. The van der Waals surface area contributed by atoms with Gasteiger partial charge >= 0.3 is 0 Å². The number of amides is 1. The Bertz CT molecular complexity index is 519. The van der Waals surface area contributed by atoms with Gasteiger partial charge in [-0.3, -0.25) is 4.79 Å². The topological polar surface area (TPSA) is 68.2 Å². The lowest BCUT2D eigenvalue weighted by molar-refractivity contribution is -0.0184. The lowest BCUT2D eigenvalue weighted by atomic mass is 10.1. The molecule has 0 saturated carbocycles. The Morgan fingerprint density at radius 3 is 2.86 bits per heavy atom. The average molecular weight is 293 g/mol. The largest absolute Gasteiger partial charge is 0.490 e. The van der Waals surface area contributed by atoms with Crippen LogP contribution in [0.1, 0.15) is 16.8 Å². The van der Waals surface area contributed by atoms with Crippen molar-refractivity contribution in [1.82, 2.24) is 4.90 Å². The van der Waals surface area contributed by atoms with Crippen molar-refractivity contribution in [2.45, 2.75) is 12.5 Å². The highest BCUT2D eigenvalue weighted by atomic mass is 16.5. The zero-order chi connectivity index (χ0) is 14.7. The number of nitrogens with zero attached hydrogens (tertiary/aromatic N) is 1. The molecule has 1 amide bonds. The maximum atomic E-state index is 12.6. The third kappa shape index (κ3) is 2.96. The molecule has 0 aromatic heterocycles. The van der Waals surface area contributed by atoms with Crippen molar-refractivity contribution in [3.05, 3.63) is 23.8 Å². The molecule has 6 heteroatoms. The number of ether oxygens (including phenoxy) is 3. The second-order valence-electron chi connectivity index (χ2n) is 5.12. The van der Waals surface area contributed by atoms with E-state index in [-0.39, 0.29) is 18.6 Å². The zero-order valence-electron chi connectivity index (χ0n) is 11.8. The van der Waals surface area contributed by atoms with Gasteiger partial charge in [0.05, 0.1) is 39.1 Å². The van der Waals surface area contributed by atoms with E-state index < -0.39 is 0 Å². The molecule has 21 heavy (non-hydrogen) atoms. The summed E-state index contributed by atoms with van der Waals surface area (Å²) >= 11 is 0. The molecule has 1 unspecified atom stereocenters. The Morgan fingerprint density at radius 1 is 1.24 bits per heavy atom. The molecular weight excluding hydrogens is 274 g/mol. The molecule has 0 radical (unpaired) electrons. The van der Waals surface area contributed by atoms with Crippen LogP contribution in [0.2, 0.25) is 0 Å². The van der Waals surface area contributed by atoms with Crippen LogP contribution < -0.4 is 9.47 Å². The Balaban J connectivity index is 1.82. The molecule has 1 fully saturated rings.